The minimum Gasteiger partial charge on any atom is -0.497 e. The van der Waals surface area contributed by atoms with Crippen molar-refractivity contribution in [2.24, 2.45) is 5.92 Å². The second-order valence-electron chi connectivity index (χ2n) is 11.4. The Kier molecular flexibility index (Phi) is 9.50. The normalized spacial score (nSPS) is 26.0. The summed E-state index contributed by atoms with van der Waals surface area (Å²) in [6, 6.07) is 14.7. The molecular weight excluding hydrogens is 546 g/mol. The van der Waals surface area contributed by atoms with Crippen molar-refractivity contribution >= 4 is 16.1 Å². The number of hydrogen-bond donors (Lipinski definition) is 2. The van der Waals surface area contributed by atoms with Crippen LogP contribution in [0.2, 0.25) is 0 Å². The third kappa shape index (κ3) is 7.21. The molecule has 0 bridgehead atoms. The molecule has 1 aliphatic carbocycles. The number of nitrogens with zero attached hydrogens (tertiary/aromatic N) is 2. The summed E-state index contributed by atoms with van der Waals surface area (Å²) in [5.74, 6) is 0.971. The SMILES string of the molecule is COc1ccc(S(=O)(=O)N(C[C@@H](O)[C@H](Cc2ccccc2)NC(=O)OC2CC3CCO[C@@H]3C2)C2CCN(C)C2)cc1. The molecule has 3 unspecified atom stereocenters. The average molecular weight is 588 g/mol. The van der Waals surface area contributed by atoms with E-state index >= 15 is 0 Å². The fourth-order valence-corrected chi connectivity index (χ4v) is 7.95. The van der Waals surface area contributed by atoms with E-state index in [2.05, 4.69) is 10.2 Å². The molecule has 2 aliphatic heterocycles. The number of likely N-dealkylation sites (N-methyl/N-ethyl adjacent to an activating group) is 1. The van der Waals surface area contributed by atoms with E-state index in [1.165, 1.54) is 23.5 Å². The van der Waals surface area contributed by atoms with Crippen LogP contribution in [0.25, 0.3) is 0 Å². The minimum atomic E-state index is -3.96. The quantitative estimate of drug-likeness (QED) is 0.412. The number of hydrogen-bond acceptors (Lipinski definition) is 8. The molecule has 3 aliphatic rings. The van der Waals surface area contributed by atoms with Crippen molar-refractivity contribution in [1.29, 1.82) is 0 Å². The van der Waals surface area contributed by atoms with E-state index in [1.54, 1.807) is 12.1 Å². The van der Waals surface area contributed by atoms with Crippen molar-refractivity contribution < 1.29 is 32.5 Å². The van der Waals surface area contributed by atoms with Crippen LogP contribution in [-0.4, -0.2) is 99.6 Å². The highest BCUT2D eigenvalue weighted by molar-refractivity contribution is 7.89. The van der Waals surface area contributed by atoms with Gasteiger partial charge in [0.05, 0.1) is 30.3 Å². The lowest BCUT2D eigenvalue weighted by atomic mass is 10.0. The Bertz CT molecular complexity index is 1250. The van der Waals surface area contributed by atoms with Gasteiger partial charge in [0.15, 0.2) is 0 Å². The average Bonchev–Trinajstić information content (AvgIpc) is 3.68. The molecule has 6 atom stereocenters. The molecule has 0 radical (unpaired) electrons. The topological polar surface area (TPSA) is 118 Å². The van der Waals surface area contributed by atoms with E-state index in [1.807, 2.05) is 37.4 Å². The highest BCUT2D eigenvalue weighted by Gasteiger charge is 2.41. The number of carbonyl (C=O) groups excluding carboxylic acids is 1. The van der Waals surface area contributed by atoms with Crippen molar-refractivity contribution in [2.75, 3.05) is 40.4 Å². The molecule has 1 amide bonds. The number of fused-ring (bicyclic) bond motifs is 1. The number of aliphatic hydroxyl groups is 1. The zero-order chi connectivity index (χ0) is 29.0. The predicted octanol–water partition coefficient (Wildman–Crippen LogP) is 2.66. The van der Waals surface area contributed by atoms with Gasteiger partial charge in [0.1, 0.15) is 11.9 Å². The number of ether oxygens (including phenoxy) is 3. The summed E-state index contributed by atoms with van der Waals surface area (Å²) in [6.07, 6.45) is 1.49. The molecule has 10 nitrogen and oxygen atoms in total. The lowest BCUT2D eigenvalue weighted by molar-refractivity contribution is 0.0545. The minimum absolute atomic E-state index is 0.126. The Labute approximate surface area is 242 Å². The summed E-state index contributed by atoms with van der Waals surface area (Å²) in [6.45, 7) is 1.88. The van der Waals surface area contributed by atoms with E-state index in [4.69, 9.17) is 14.2 Å². The molecule has 2 N–H and O–H groups in total. The smallest absolute Gasteiger partial charge is 0.407 e. The maximum Gasteiger partial charge on any atom is 0.407 e. The van der Waals surface area contributed by atoms with Crippen molar-refractivity contribution in [1.82, 2.24) is 14.5 Å². The highest BCUT2D eigenvalue weighted by Crippen LogP contribution is 2.37. The maximum atomic E-state index is 13.9. The van der Waals surface area contributed by atoms with Crippen LogP contribution in [0.3, 0.4) is 0 Å². The Balaban J connectivity index is 1.34. The Morgan fingerprint density at radius 2 is 1.90 bits per heavy atom. The van der Waals surface area contributed by atoms with Crippen molar-refractivity contribution in [3.8, 4) is 5.75 Å². The summed E-state index contributed by atoms with van der Waals surface area (Å²) in [5.41, 5.74) is 0.908. The summed E-state index contributed by atoms with van der Waals surface area (Å²) < 4.78 is 45.9. The third-order valence-electron chi connectivity index (χ3n) is 8.55. The first-order valence-corrected chi connectivity index (χ1v) is 15.8. The summed E-state index contributed by atoms with van der Waals surface area (Å²) >= 11 is 0. The van der Waals surface area contributed by atoms with Gasteiger partial charge in [-0.3, -0.25) is 0 Å². The number of alkyl carbamates (subject to hydrolysis) is 1. The van der Waals surface area contributed by atoms with Gasteiger partial charge >= 0.3 is 6.09 Å². The number of likely N-dealkylation sites (tertiary alicyclic amines) is 1. The van der Waals surface area contributed by atoms with E-state index in [0.717, 1.165) is 31.6 Å². The van der Waals surface area contributed by atoms with Crippen LogP contribution in [0.5, 0.6) is 5.75 Å². The molecule has 3 fully saturated rings. The molecule has 2 aromatic carbocycles. The van der Waals surface area contributed by atoms with Crippen LogP contribution < -0.4 is 10.1 Å². The van der Waals surface area contributed by atoms with Gasteiger partial charge in [0.25, 0.3) is 0 Å². The van der Waals surface area contributed by atoms with Gasteiger partial charge in [-0.05, 0) is 75.0 Å². The number of aliphatic hydroxyl groups excluding tert-OH is 1. The molecule has 2 heterocycles. The molecule has 2 aromatic rings. The number of rotatable bonds is 11. The van der Waals surface area contributed by atoms with Gasteiger partial charge in [-0.15, -0.1) is 0 Å². The van der Waals surface area contributed by atoms with E-state index in [0.29, 0.717) is 37.5 Å². The molecule has 224 valence electrons. The van der Waals surface area contributed by atoms with E-state index in [9.17, 15) is 18.3 Å². The standard InChI is InChI=1S/C30H41N3O7S/c1-32-14-12-23(19-32)33(41(36,37)26-10-8-24(38-2)9-11-26)20-28(34)27(16-21-6-4-3-5-7-21)31-30(35)40-25-17-22-13-15-39-29(22)18-25/h3-11,22-23,25,27-29,34H,12-20H2,1-2H3,(H,31,35)/t22?,23?,25?,27-,28+,29+/m0/s1. The predicted molar refractivity (Wildman–Crippen MR) is 153 cm³/mol. The van der Waals surface area contributed by atoms with E-state index < -0.39 is 28.3 Å². The fourth-order valence-electron chi connectivity index (χ4n) is 6.29. The maximum absolute atomic E-state index is 13.9. The van der Waals surface area contributed by atoms with Crippen LogP contribution >= 0.6 is 0 Å². The van der Waals surface area contributed by atoms with Gasteiger partial charge in [-0.2, -0.15) is 4.31 Å². The number of carbonyl (C=O) groups is 1. The Morgan fingerprint density at radius 3 is 2.56 bits per heavy atom. The van der Waals surface area contributed by atoms with Crippen LogP contribution in [-0.2, 0) is 25.9 Å². The lowest BCUT2D eigenvalue weighted by Gasteiger charge is -2.33. The molecular formula is C30H41N3O7S. The van der Waals surface area contributed by atoms with Crippen molar-refractivity contribution in [2.45, 2.75) is 67.4 Å². The number of nitrogens with one attached hydrogen (secondary N) is 1. The molecule has 0 spiro atoms. The largest absolute Gasteiger partial charge is 0.497 e. The van der Waals surface area contributed by atoms with Crippen molar-refractivity contribution in [3.63, 3.8) is 0 Å². The van der Waals surface area contributed by atoms with Crippen molar-refractivity contribution in [3.05, 3.63) is 60.2 Å². The van der Waals surface area contributed by atoms with Gasteiger partial charge in [0, 0.05) is 32.2 Å². The molecule has 0 aromatic heterocycles. The van der Waals surface area contributed by atoms with Crippen LogP contribution in [0.4, 0.5) is 4.79 Å². The Morgan fingerprint density at radius 1 is 1.15 bits per heavy atom. The number of amides is 1. The molecule has 5 rings (SSSR count). The zero-order valence-corrected chi connectivity index (χ0v) is 24.5. The molecule has 2 saturated heterocycles. The number of sulfonamides is 1. The first-order chi connectivity index (χ1) is 19.7. The molecule has 41 heavy (non-hydrogen) atoms. The van der Waals surface area contributed by atoms with Crippen LogP contribution in [0.1, 0.15) is 31.2 Å². The highest BCUT2D eigenvalue weighted by atomic mass is 32.2. The van der Waals surface area contributed by atoms with Crippen LogP contribution in [0, 0.1) is 5.92 Å². The van der Waals surface area contributed by atoms with Gasteiger partial charge in [-0.25, -0.2) is 13.2 Å². The zero-order valence-electron chi connectivity index (χ0n) is 23.7. The number of methoxy groups -OCH3 is 1. The van der Waals surface area contributed by atoms with E-state index in [-0.39, 0.29) is 29.7 Å². The molecule has 11 heteroatoms. The van der Waals surface area contributed by atoms with Crippen LogP contribution in [0.15, 0.2) is 59.5 Å². The number of benzene rings is 2. The second kappa shape index (κ2) is 13.1. The summed E-state index contributed by atoms with van der Waals surface area (Å²) in [7, 11) is -0.481. The van der Waals surface area contributed by atoms with Gasteiger partial charge in [-0.1, -0.05) is 30.3 Å². The lowest BCUT2D eigenvalue weighted by Crippen LogP contribution is -2.53. The monoisotopic (exact) mass is 587 g/mol. The van der Waals surface area contributed by atoms with Gasteiger partial charge < -0.3 is 29.5 Å². The third-order valence-corrected chi connectivity index (χ3v) is 10.5. The first kappa shape index (κ1) is 29.8. The first-order valence-electron chi connectivity index (χ1n) is 14.4. The molecule has 1 saturated carbocycles. The Hall–Kier alpha value is -2.70. The van der Waals surface area contributed by atoms with Gasteiger partial charge in [0.2, 0.25) is 10.0 Å². The summed E-state index contributed by atoms with van der Waals surface area (Å²) in [5, 5.41) is 14.4. The fraction of sp³-hybridized carbons (Fsp3) is 0.567. The summed E-state index contributed by atoms with van der Waals surface area (Å²) in [4.78, 5) is 15.3. The second-order valence-corrected chi connectivity index (χ2v) is 13.3.